The second-order valence-electron chi connectivity index (χ2n) is 9.51. The Bertz CT molecular complexity index is 1900. The summed E-state index contributed by atoms with van der Waals surface area (Å²) in [5.41, 5.74) is 5.52. The minimum Gasteiger partial charge on any atom is -0.490 e. The van der Waals surface area contributed by atoms with Gasteiger partial charge in [-0.05, 0) is 86.1 Å². The van der Waals surface area contributed by atoms with Crippen LogP contribution in [0, 0.1) is 6.92 Å². The molecule has 5 aromatic rings. The van der Waals surface area contributed by atoms with Crippen LogP contribution in [0.5, 0.6) is 11.5 Å². The number of hydrogen-bond donors (Lipinski definition) is 2. The first kappa shape index (κ1) is 30.7. The second kappa shape index (κ2) is 13.7. The van der Waals surface area contributed by atoms with Gasteiger partial charge in [0.2, 0.25) is 0 Å². The first-order valence-electron chi connectivity index (χ1n) is 13.4. The summed E-state index contributed by atoms with van der Waals surface area (Å²) in [5, 5.41) is 8.40. The van der Waals surface area contributed by atoms with Crippen LogP contribution in [0.4, 0.5) is 5.69 Å². The van der Waals surface area contributed by atoms with Crippen LogP contribution in [-0.2, 0) is 0 Å². The fraction of sp³-hybridized carbons (Fsp3) is 0.0909. The minimum atomic E-state index is -0.622. The molecule has 0 unspecified atom stereocenters. The summed E-state index contributed by atoms with van der Waals surface area (Å²) in [6.45, 7) is 4.04. The SMILES string of the molecule is CCOc1cc(/C=N\NC(=O)c2ccc(NC(=O)c3cccc(C)c3)cc2)ccc1OC(=O)c1sc2cc(Cl)ccc2c1Cl. The first-order valence-corrected chi connectivity index (χ1v) is 15.0. The number of fused-ring (bicyclic) bond motifs is 1. The fourth-order valence-electron chi connectivity index (χ4n) is 4.20. The highest BCUT2D eigenvalue weighted by Crippen LogP contribution is 2.38. The molecule has 1 heterocycles. The van der Waals surface area contributed by atoms with Gasteiger partial charge in [0.25, 0.3) is 11.8 Å². The summed E-state index contributed by atoms with van der Waals surface area (Å²) in [5.74, 6) is -0.770. The van der Waals surface area contributed by atoms with Gasteiger partial charge >= 0.3 is 5.97 Å². The second-order valence-corrected chi connectivity index (χ2v) is 11.4. The van der Waals surface area contributed by atoms with Crippen LogP contribution in [0.25, 0.3) is 10.1 Å². The predicted octanol–water partition coefficient (Wildman–Crippen LogP) is 8.15. The Kier molecular flexibility index (Phi) is 9.59. The van der Waals surface area contributed by atoms with E-state index in [1.165, 1.54) is 17.6 Å². The van der Waals surface area contributed by atoms with E-state index >= 15 is 0 Å². The molecule has 222 valence electrons. The van der Waals surface area contributed by atoms with E-state index < -0.39 is 11.9 Å². The highest BCUT2D eigenvalue weighted by atomic mass is 35.5. The molecular formula is C33H25Cl2N3O5S. The molecule has 1 aromatic heterocycles. The van der Waals surface area contributed by atoms with Gasteiger partial charge in [0.05, 0.1) is 17.8 Å². The monoisotopic (exact) mass is 645 g/mol. The number of nitrogens with one attached hydrogen (secondary N) is 2. The molecule has 8 nitrogen and oxygen atoms in total. The zero-order valence-corrected chi connectivity index (χ0v) is 25.8. The van der Waals surface area contributed by atoms with Crippen molar-refractivity contribution in [2.45, 2.75) is 13.8 Å². The summed E-state index contributed by atoms with van der Waals surface area (Å²) in [6, 6.07) is 23.8. The molecule has 0 aliphatic rings. The molecule has 2 N–H and O–H groups in total. The Morgan fingerprint density at radius 2 is 1.68 bits per heavy atom. The molecule has 4 aromatic carbocycles. The number of carbonyl (C=O) groups is 3. The smallest absolute Gasteiger partial charge is 0.355 e. The molecule has 5 rings (SSSR count). The van der Waals surface area contributed by atoms with E-state index in [9.17, 15) is 14.4 Å². The number of rotatable bonds is 9. The average molecular weight is 647 g/mol. The van der Waals surface area contributed by atoms with E-state index in [2.05, 4.69) is 15.8 Å². The Morgan fingerprint density at radius 1 is 0.886 bits per heavy atom. The predicted molar refractivity (Wildman–Crippen MR) is 175 cm³/mol. The molecule has 44 heavy (non-hydrogen) atoms. The van der Waals surface area contributed by atoms with Gasteiger partial charge in [-0.15, -0.1) is 11.3 Å². The summed E-state index contributed by atoms with van der Waals surface area (Å²) in [7, 11) is 0. The summed E-state index contributed by atoms with van der Waals surface area (Å²) < 4.78 is 12.1. The zero-order chi connectivity index (χ0) is 31.2. The van der Waals surface area contributed by atoms with Crippen LogP contribution in [0.1, 0.15) is 48.4 Å². The number of hydrazone groups is 1. The van der Waals surface area contributed by atoms with Gasteiger partial charge in [0.15, 0.2) is 11.5 Å². The fourth-order valence-corrected chi connectivity index (χ4v) is 5.86. The number of anilines is 1. The lowest BCUT2D eigenvalue weighted by atomic mass is 10.1. The minimum absolute atomic E-state index is 0.208. The normalized spacial score (nSPS) is 11.0. The molecule has 0 saturated heterocycles. The van der Waals surface area contributed by atoms with Crippen molar-refractivity contribution in [2.24, 2.45) is 5.10 Å². The summed E-state index contributed by atoms with van der Waals surface area (Å²) in [4.78, 5) is 38.3. The molecule has 2 amide bonds. The molecule has 0 atom stereocenters. The van der Waals surface area contributed by atoms with Gasteiger partial charge in [-0.25, -0.2) is 10.2 Å². The van der Waals surface area contributed by atoms with Crippen LogP contribution in [-0.4, -0.2) is 30.6 Å². The molecular weight excluding hydrogens is 621 g/mol. The number of thiophene rings is 1. The number of nitrogens with zero attached hydrogens (tertiary/aromatic N) is 1. The van der Waals surface area contributed by atoms with E-state index in [0.717, 1.165) is 10.3 Å². The Balaban J connectivity index is 1.21. The average Bonchev–Trinajstić information content (AvgIpc) is 3.34. The standard InChI is InChI=1S/C33H25Cl2N3O5S/c1-3-42-27-16-20(7-14-26(27)43-33(41)30-29(35)25-13-10-23(34)17-28(25)44-30)18-36-38-32(40)21-8-11-24(12-9-21)37-31(39)22-6-4-5-19(2)15-22/h4-18H,3H2,1-2H3,(H,37,39)(H,38,40)/b36-18-. The molecule has 0 fully saturated rings. The lowest BCUT2D eigenvalue weighted by Gasteiger charge is -2.11. The highest BCUT2D eigenvalue weighted by molar-refractivity contribution is 7.21. The number of ether oxygens (including phenoxy) is 2. The molecule has 0 bridgehead atoms. The van der Waals surface area contributed by atoms with E-state index in [1.807, 2.05) is 19.1 Å². The third kappa shape index (κ3) is 7.26. The number of esters is 1. The van der Waals surface area contributed by atoms with Crippen molar-refractivity contribution < 1.29 is 23.9 Å². The maximum absolute atomic E-state index is 13.0. The number of hydrogen-bond acceptors (Lipinski definition) is 7. The molecule has 0 radical (unpaired) electrons. The van der Waals surface area contributed by atoms with E-state index in [-0.39, 0.29) is 16.5 Å². The van der Waals surface area contributed by atoms with Crippen LogP contribution in [0.15, 0.2) is 90.0 Å². The first-order chi connectivity index (χ1) is 21.2. The maximum atomic E-state index is 13.0. The summed E-state index contributed by atoms with van der Waals surface area (Å²) in [6.07, 6.45) is 1.44. The lowest BCUT2D eigenvalue weighted by molar-refractivity contribution is 0.0733. The Labute approximate surface area is 267 Å². The lowest BCUT2D eigenvalue weighted by Crippen LogP contribution is -2.18. The Morgan fingerprint density at radius 3 is 2.43 bits per heavy atom. The van der Waals surface area contributed by atoms with E-state index in [4.69, 9.17) is 32.7 Å². The van der Waals surface area contributed by atoms with Gasteiger partial charge in [-0.3, -0.25) is 9.59 Å². The van der Waals surface area contributed by atoms with Crippen molar-refractivity contribution in [3.8, 4) is 11.5 Å². The van der Waals surface area contributed by atoms with Gasteiger partial charge in [-0.2, -0.15) is 5.10 Å². The zero-order valence-electron chi connectivity index (χ0n) is 23.5. The van der Waals surface area contributed by atoms with Crippen molar-refractivity contribution >= 4 is 74.3 Å². The third-order valence-electron chi connectivity index (χ3n) is 6.31. The van der Waals surface area contributed by atoms with Crippen molar-refractivity contribution in [3.63, 3.8) is 0 Å². The van der Waals surface area contributed by atoms with Gasteiger partial charge in [0.1, 0.15) is 4.88 Å². The number of benzene rings is 4. The van der Waals surface area contributed by atoms with Crippen molar-refractivity contribution in [2.75, 3.05) is 11.9 Å². The Hall–Kier alpha value is -4.70. The number of aryl methyl sites for hydroxylation is 1. The highest BCUT2D eigenvalue weighted by Gasteiger charge is 2.21. The maximum Gasteiger partial charge on any atom is 0.355 e. The molecule has 0 aliphatic carbocycles. The number of amides is 2. The van der Waals surface area contributed by atoms with Crippen LogP contribution in [0.2, 0.25) is 10.0 Å². The third-order valence-corrected chi connectivity index (χ3v) is 8.18. The van der Waals surface area contributed by atoms with Gasteiger partial charge in [-0.1, -0.05) is 47.0 Å². The van der Waals surface area contributed by atoms with Crippen molar-refractivity contribution in [1.82, 2.24) is 5.43 Å². The van der Waals surface area contributed by atoms with Crippen LogP contribution < -0.4 is 20.2 Å². The molecule has 0 spiro atoms. The molecule has 0 aliphatic heterocycles. The van der Waals surface area contributed by atoms with Gasteiger partial charge in [0, 0.05) is 31.9 Å². The van der Waals surface area contributed by atoms with Crippen LogP contribution in [0.3, 0.4) is 0 Å². The van der Waals surface area contributed by atoms with Crippen molar-refractivity contribution in [1.29, 1.82) is 0 Å². The van der Waals surface area contributed by atoms with E-state index in [0.29, 0.717) is 50.2 Å². The number of carbonyl (C=O) groups excluding carboxylic acids is 3. The van der Waals surface area contributed by atoms with Gasteiger partial charge < -0.3 is 14.8 Å². The summed E-state index contributed by atoms with van der Waals surface area (Å²) >= 11 is 13.7. The molecule has 11 heteroatoms. The van der Waals surface area contributed by atoms with Crippen molar-refractivity contribution in [3.05, 3.63) is 122 Å². The van der Waals surface area contributed by atoms with E-state index in [1.54, 1.807) is 79.7 Å². The number of halogens is 2. The quantitative estimate of drug-likeness (QED) is 0.0728. The van der Waals surface area contributed by atoms with Crippen LogP contribution >= 0.6 is 34.5 Å². The largest absolute Gasteiger partial charge is 0.490 e. The molecule has 0 saturated carbocycles. The topological polar surface area (TPSA) is 106 Å².